The van der Waals surface area contributed by atoms with Crippen molar-refractivity contribution >= 4 is 30.8 Å². The third kappa shape index (κ3) is 4.23. The van der Waals surface area contributed by atoms with Gasteiger partial charge in [-0.25, -0.2) is 19.9 Å². The molecule has 2 aromatic heterocycles. The summed E-state index contributed by atoms with van der Waals surface area (Å²) in [5.74, 6) is 1.59. The van der Waals surface area contributed by atoms with Gasteiger partial charge in [-0.3, -0.25) is 4.57 Å². The Kier molecular flexibility index (Phi) is 5.90. The van der Waals surface area contributed by atoms with E-state index in [4.69, 9.17) is 9.26 Å². The molecule has 9 nitrogen and oxygen atoms in total. The summed E-state index contributed by atoms with van der Waals surface area (Å²) in [6.07, 6.45) is 4.70. The molecule has 0 N–H and O–H groups in total. The molecule has 1 aliphatic heterocycles. The summed E-state index contributed by atoms with van der Waals surface area (Å²) in [5.41, 5.74) is 1.32. The van der Waals surface area contributed by atoms with E-state index in [2.05, 4.69) is 24.8 Å². The first-order valence-corrected chi connectivity index (χ1v) is 10.2. The maximum atomic E-state index is 11.1. The van der Waals surface area contributed by atoms with Gasteiger partial charge in [0.2, 0.25) is 0 Å². The summed E-state index contributed by atoms with van der Waals surface area (Å²) in [6.45, 7) is 6.58. The normalized spacial score (nSPS) is 19.3. The van der Waals surface area contributed by atoms with Crippen LogP contribution in [0.1, 0.15) is 32.9 Å². The molecule has 0 saturated carbocycles. The van der Waals surface area contributed by atoms with Crippen LogP contribution in [0.4, 0.5) is 5.82 Å². The van der Waals surface area contributed by atoms with Crippen molar-refractivity contribution in [2.24, 2.45) is 4.99 Å². The zero-order valence-corrected chi connectivity index (χ0v) is 16.4. The second kappa shape index (κ2) is 8.16. The van der Waals surface area contributed by atoms with Gasteiger partial charge in [-0.05, 0) is 24.8 Å². The molecule has 1 fully saturated rings. The molecule has 3 unspecified atom stereocenters. The van der Waals surface area contributed by atoms with E-state index in [9.17, 15) is 4.57 Å². The summed E-state index contributed by atoms with van der Waals surface area (Å²) >= 11 is 0. The minimum absolute atomic E-state index is 0.213. The van der Waals surface area contributed by atoms with Gasteiger partial charge in [-0.2, -0.15) is 0 Å². The number of amidine groups is 1. The number of hydrogen-bond acceptors (Lipinski definition) is 7. The maximum Gasteiger partial charge on any atom is 0.504 e. The van der Waals surface area contributed by atoms with Gasteiger partial charge in [0.05, 0.1) is 12.4 Å². The van der Waals surface area contributed by atoms with E-state index in [0.29, 0.717) is 17.0 Å². The molecule has 0 spiro atoms. The summed E-state index contributed by atoms with van der Waals surface area (Å²) in [5, 5.41) is 0. The van der Waals surface area contributed by atoms with Crippen molar-refractivity contribution in [3.8, 4) is 0 Å². The van der Waals surface area contributed by atoms with Crippen molar-refractivity contribution in [1.82, 2.24) is 24.4 Å². The van der Waals surface area contributed by atoms with Gasteiger partial charge >= 0.3 is 8.03 Å². The molecule has 0 bridgehead atoms. The Bertz CT molecular complexity index is 823. The third-order valence-electron chi connectivity index (χ3n) is 4.22. The van der Waals surface area contributed by atoms with Crippen molar-refractivity contribution in [1.29, 1.82) is 0 Å². The minimum Gasteiger partial charge on any atom is -0.363 e. The molecule has 1 saturated heterocycles. The summed E-state index contributed by atoms with van der Waals surface area (Å²) < 4.78 is 23.9. The van der Waals surface area contributed by atoms with Crippen LogP contribution in [0.15, 0.2) is 17.6 Å². The van der Waals surface area contributed by atoms with E-state index < -0.39 is 8.03 Å². The number of hydrogen-bond donors (Lipinski definition) is 0. The van der Waals surface area contributed by atoms with Crippen LogP contribution in [0.25, 0.3) is 11.2 Å². The molecule has 3 rings (SSSR count). The van der Waals surface area contributed by atoms with Gasteiger partial charge in [0, 0.05) is 20.0 Å². The molecule has 3 atom stereocenters. The number of rotatable bonds is 7. The Hall–Kier alpha value is -1.96. The number of aliphatic imine (C=N–C) groups is 1. The van der Waals surface area contributed by atoms with Gasteiger partial charge in [0.15, 0.2) is 23.6 Å². The van der Waals surface area contributed by atoms with E-state index in [1.54, 1.807) is 6.33 Å². The topological polar surface area (TPSA) is 94.7 Å². The lowest BCUT2D eigenvalue weighted by molar-refractivity contribution is -0.0488. The number of nitrogens with zero attached hydrogens (tertiary/aromatic N) is 6. The monoisotopic (exact) mass is 379 g/mol. The molecule has 10 heteroatoms. The van der Waals surface area contributed by atoms with Crippen LogP contribution >= 0.6 is 8.03 Å². The first-order chi connectivity index (χ1) is 12.5. The number of ether oxygens (including phenoxy) is 1. The van der Waals surface area contributed by atoms with E-state index in [-0.39, 0.29) is 18.9 Å². The van der Waals surface area contributed by atoms with E-state index >= 15 is 0 Å². The fourth-order valence-electron chi connectivity index (χ4n) is 2.90. The molecule has 140 valence electrons. The fraction of sp³-hybridized carbons (Fsp3) is 0.625. The average Bonchev–Trinajstić information content (AvgIpc) is 3.20. The predicted molar refractivity (Wildman–Crippen MR) is 99.0 cm³/mol. The third-order valence-corrected chi connectivity index (χ3v) is 4.73. The van der Waals surface area contributed by atoms with Crippen LogP contribution in [-0.4, -0.2) is 63.2 Å². The molecule has 1 aliphatic rings. The highest BCUT2D eigenvalue weighted by Crippen LogP contribution is 2.25. The molecular formula is C16H24N6O3P+. The maximum absolute atomic E-state index is 11.1. The number of imidazole rings is 1. The van der Waals surface area contributed by atoms with Crippen molar-refractivity contribution in [2.75, 3.05) is 26.9 Å². The van der Waals surface area contributed by atoms with Crippen molar-refractivity contribution in [2.45, 2.75) is 39.0 Å². The Morgan fingerprint density at radius 3 is 2.85 bits per heavy atom. The Morgan fingerprint density at radius 1 is 1.35 bits per heavy atom. The average molecular weight is 379 g/mol. The first-order valence-electron chi connectivity index (χ1n) is 8.61. The largest absolute Gasteiger partial charge is 0.504 e. The standard InChI is InChI=1S/C16H24N6O3P/c1-11(8-24-26(4)23)25-12(2)22-10-19-14-15(17-9-18-16(14)22)20-13-6-5-7-21(13)3/h9-12H,5-8H2,1-4H3/q+1/b20-13+. The highest BCUT2D eigenvalue weighted by Gasteiger charge is 2.20. The highest BCUT2D eigenvalue weighted by atomic mass is 31.1. The molecule has 0 aromatic carbocycles. The zero-order chi connectivity index (χ0) is 18.7. The smallest absolute Gasteiger partial charge is 0.363 e. The van der Waals surface area contributed by atoms with Crippen molar-refractivity contribution < 1.29 is 13.8 Å². The lowest BCUT2D eigenvalue weighted by Crippen LogP contribution is -2.20. The zero-order valence-electron chi connectivity index (χ0n) is 15.5. The van der Waals surface area contributed by atoms with Crippen LogP contribution < -0.4 is 0 Å². The Labute approximate surface area is 153 Å². The molecule has 26 heavy (non-hydrogen) atoms. The van der Waals surface area contributed by atoms with Crippen LogP contribution in [0.3, 0.4) is 0 Å². The molecule has 0 amide bonds. The van der Waals surface area contributed by atoms with Gasteiger partial charge in [0.25, 0.3) is 0 Å². The first kappa shape index (κ1) is 18.8. The SMILES string of the molecule is CC(CO[P+](C)=O)OC(C)n1cnc2c(/N=C3\CCCN3C)ncnc21. The fourth-order valence-corrected chi connectivity index (χ4v) is 3.32. The van der Waals surface area contributed by atoms with Gasteiger partial charge in [0.1, 0.15) is 25.0 Å². The molecule has 0 radical (unpaired) electrons. The molecule has 0 aliphatic carbocycles. The predicted octanol–water partition coefficient (Wildman–Crippen LogP) is 2.89. The van der Waals surface area contributed by atoms with Crippen molar-refractivity contribution in [3.63, 3.8) is 0 Å². The van der Waals surface area contributed by atoms with Gasteiger partial charge in [-0.1, -0.05) is 0 Å². The highest BCUT2D eigenvalue weighted by molar-refractivity contribution is 7.38. The number of likely N-dealkylation sites (tertiary alicyclic amines) is 1. The minimum atomic E-state index is -1.63. The Morgan fingerprint density at radius 2 is 2.15 bits per heavy atom. The van der Waals surface area contributed by atoms with Gasteiger partial charge in [-0.15, -0.1) is 4.52 Å². The van der Waals surface area contributed by atoms with Crippen molar-refractivity contribution in [3.05, 3.63) is 12.7 Å². The second-order valence-electron chi connectivity index (χ2n) is 6.36. The Balaban J connectivity index is 1.80. The second-order valence-corrected chi connectivity index (χ2v) is 7.49. The van der Waals surface area contributed by atoms with Crippen LogP contribution in [0.5, 0.6) is 0 Å². The van der Waals surface area contributed by atoms with Gasteiger partial charge < -0.3 is 9.64 Å². The molecule has 2 aromatic rings. The lowest BCUT2D eigenvalue weighted by Gasteiger charge is -2.18. The van der Waals surface area contributed by atoms with Crippen LogP contribution in [0.2, 0.25) is 0 Å². The number of fused-ring (bicyclic) bond motifs is 1. The van der Waals surface area contributed by atoms with Crippen LogP contribution in [-0.2, 0) is 13.8 Å². The molecular weight excluding hydrogens is 355 g/mol. The lowest BCUT2D eigenvalue weighted by atomic mass is 10.4. The quantitative estimate of drug-likeness (QED) is 0.683. The van der Waals surface area contributed by atoms with E-state index in [1.807, 2.05) is 25.5 Å². The summed E-state index contributed by atoms with van der Waals surface area (Å²) in [7, 11) is 0.399. The molecule has 3 heterocycles. The van der Waals surface area contributed by atoms with E-state index in [0.717, 1.165) is 25.2 Å². The number of aromatic nitrogens is 4. The summed E-state index contributed by atoms with van der Waals surface area (Å²) in [6, 6.07) is 0. The van der Waals surface area contributed by atoms with E-state index in [1.165, 1.54) is 13.0 Å². The van der Waals surface area contributed by atoms with Crippen LogP contribution in [0, 0.1) is 0 Å². The summed E-state index contributed by atoms with van der Waals surface area (Å²) in [4.78, 5) is 19.9.